The second-order valence-corrected chi connectivity index (χ2v) is 6.27. The van der Waals surface area contributed by atoms with Gasteiger partial charge in [-0.2, -0.15) is 0 Å². The summed E-state index contributed by atoms with van der Waals surface area (Å²) in [5, 5.41) is 0. The van der Waals surface area contributed by atoms with Gasteiger partial charge in [0.05, 0.1) is 11.4 Å². The van der Waals surface area contributed by atoms with E-state index in [1.165, 1.54) is 5.56 Å². The molecule has 26 heavy (non-hydrogen) atoms. The van der Waals surface area contributed by atoms with Crippen molar-refractivity contribution in [3.63, 3.8) is 0 Å². The van der Waals surface area contributed by atoms with E-state index < -0.39 is 5.97 Å². The van der Waals surface area contributed by atoms with Gasteiger partial charge in [-0.3, -0.25) is 0 Å². The van der Waals surface area contributed by atoms with E-state index in [0.29, 0.717) is 17.8 Å². The van der Waals surface area contributed by atoms with Gasteiger partial charge in [-0.05, 0) is 12.5 Å². The molecule has 0 radical (unpaired) electrons. The van der Waals surface area contributed by atoms with E-state index in [1.54, 1.807) is 6.92 Å². The second kappa shape index (κ2) is 7.83. The van der Waals surface area contributed by atoms with Crippen LogP contribution in [0.4, 0.5) is 0 Å². The van der Waals surface area contributed by atoms with Crippen LogP contribution in [0, 0.1) is 0 Å². The summed E-state index contributed by atoms with van der Waals surface area (Å²) in [6.07, 6.45) is 0.716. The van der Waals surface area contributed by atoms with E-state index in [9.17, 15) is 4.79 Å². The smallest absolute Gasteiger partial charge is 0.333 e. The zero-order chi connectivity index (χ0) is 18.5. The van der Waals surface area contributed by atoms with Crippen LogP contribution in [0.2, 0.25) is 0 Å². The van der Waals surface area contributed by atoms with E-state index in [0.717, 1.165) is 17.0 Å². The first kappa shape index (κ1) is 17.7. The molecule has 4 nitrogen and oxygen atoms in total. The summed E-state index contributed by atoms with van der Waals surface area (Å²) in [7, 11) is 1.95. The second-order valence-electron chi connectivity index (χ2n) is 6.27. The highest BCUT2D eigenvalue weighted by atomic mass is 16.5. The maximum absolute atomic E-state index is 11.7. The Kier molecular flexibility index (Phi) is 5.32. The van der Waals surface area contributed by atoms with Gasteiger partial charge in [-0.25, -0.2) is 9.78 Å². The molecule has 0 N–H and O–H groups in total. The van der Waals surface area contributed by atoms with Crippen LogP contribution in [-0.2, 0) is 29.6 Å². The largest absolute Gasteiger partial charge is 0.454 e. The minimum atomic E-state index is -0.404. The van der Waals surface area contributed by atoms with E-state index in [-0.39, 0.29) is 6.61 Å². The number of hydrogen-bond donors (Lipinski definition) is 0. The lowest BCUT2D eigenvalue weighted by Gasteiger charge is -2.08. The quantitative estimate of drug-likeness (QED) is 0.494. The average molecular weight is 346 g/mol. The van der Waals surface area contributed by atoms with Crippen LogP contribution in [0.3, 0.4) is 0 Å². The molecule has 0 atom stereocenters. The lowest BCUT2D eigenvalue weighted by Crippen LogP contribution is -2.08. The molecular formula is C22H22N2O2. The highest BCUT2D eigenvalue weighted by molar-refractivity contribution is 5.86. The van der Waals surface area contributed by atoms with Gasteiger partial charge < -0.3 is 9.30 Å². The molecule has 3 aromatic rings. The topological polar surface area (TPSA) is 44.1 Å². The number of aromatic nitrogens is 2. The highest BCUT2D eigenvalue weighted by Gasteiger charge is 2.18. The molecule has 2 aromatic carbocycles. The van der Waals surface area contributed by atoms with E-state index in [4.69, 9.17) is 9.72 Å². The number of nitrogens with zero attached hydrogens (tertiary/aromatic N) is 2. The van der Waals surface area contributed by atoms with Crippen LogP contribution in [0.15, 0.2) is 72.8 Å². The molecule has 0 bridgehead atoms. The molecule has 0 saturated heterocycles. The normalized spacial score (nSPS) is 10.5. The molecule has 3 rings (SSSR count). The number of carbonyl (C=O) groups is 1. The fourth-order valence-electron chi connectivity index (χ4n) is 2.86. The molecular weight excluding hydrogens is 324 g/mol. The Morgan fingerprint density at radius 3 is 2.31 bits per heavy atom. The molecule has 1 aromatic heterocycles. The first-order chi connectivity index (χ1) is 12.6. The third kappa shape index (κ3) is 3.91. The molecule has 1 heterocycles. The predicted molar refractivity (Wildman–Crippen MR) is 103 cm³/mol. The van der Waals surface area contributed by atoms with Crippen molar-refractivity contribution in [3.8, 4) is 11.3 Å². The molecule has 0 aliphatic carbocycles. The summed E-state index contributed by atoms with van der Waals surface area (Å²) < 4.78 is 7.30. The van der Waals surface area contributed by atoms with Crippen LogP contribution in [-0.4, -0.2) is 15.5 Å². The van der Waals surface area contributed by atoms with Crippen LogP contribution in [0.1, 0.15) is 24.0 Å². The van der Waals surface area contributed by atoms with Gasteiger partial charge in [0.25, 0.3) is 0 Å². The van der Waals surface area contributed by atoms with Crippen molar-refractivity contribution < 1.29 is 9.53 Å². The zero-order valence-corrected chi connectivity index (χ0v) is 15.1. The number of ether oxygens (including phenoxy) is 1. The van der Waals surface area contributed by atoms with Crippen molar-refractivity contribution >= 4 is 5.97 Å². The first-order valence-corrected chi connectivity index (χ1v) is 8.52. The molecule has 0 aliphatic rings. The Morgan fingerprint density at radius 1 is 1.08 bits per heavy atom. The Bertz CT molecular complexity index is 912. The molecule has 0 spiro atoms. The average Bonchev–Trinajstić information content (AvgIpc) is 2.96. The SMILES string of the molecule is C=C(C)C(=O)OCc1nc(Cc2ccccc2)c(-c2ccccc2)n1C. The van der Waals surface area contributed by atoms with Gasteiger partial charge in [-0.15, -0.1) is 0 Å². The standard InChI is InChI=1S/C22H22N2O2/c1-16(2)22(25)26-15-20-23-19(14-17-10-6-4-7-11-17)21(24(20)3)18-12-8-5-9-13-18/h4-13H,1,14-15H2,2-3H3. The number of rotatable bonds is 6. The number of hydrogen-bond acceptors (Lipinski definition) is 3. The fourth-order valence-corrected chi connectivity index (χ4v) is 2.86. The molecule has 0 aliphatic heterocycles. The van der Waals surface area contributed by atoms with Crippen molar-refractivity contribution in [1.29, 1.82) is 0 Å². The maximum atomic E-state index is 11.7. The van der Waals surface area contributed by atoms with Crippen molar-refractivity contribution in [1.82, 2.24) is 9.55 Å². The fraction of sp³-hybridized carbons (Fsp3) is 0.182. The lowest BCUT2D eigenvalue weighted by molar-refractivity contribution is -0.140. The van der Waals surface area contributed by atoms with Crippen molar-refractivity contribution in [2.75, 3.05) is 0 Å². The lowest BCUT2D eigenvalue weighted by atomic mass is 10.0. The summed E-state index contributed by atoms with van der Waals surface area (Å²) in [5.74, 6) is 0.309. The Balaban J connectivity index is 1.97. The summed E-state index contributed by atoms with van der Waals surface area (Å²) in [5.41, 5.74) is 4.66. The number of esters is 1. The van der Waals surface area contributed by atoms with Gasteiger partial charge >= 0.3 is 5.97 Å². The van der Waals surface area contributed by atoms with Gasteiger partial charge in [0.2, 0.25) is 0 Å². The predicted octanol–water partition coefficient (Wildman–Crippen LogP) is 4.30. The minimum Gasteiger partial charge on any atom is -0.454 e. The van der Waals surface area contributed by atoms with Gasteiger partial charge in [0, 0.05) is 24.6 Å². The number of carbonyl (C=O) groups excluding carboxylic acids is 1. The summed E-state index contributed by atoms with van der Waals surface area (Å²) >= 11 is 0. The van der Waals surface area contributed by atoms with E-state index >= 15 is 0 Å². The van der Waals surface area contributed by atoms with Crippen LogP contribution < -0.4 is 0 Å². The molecule has 132 valence electrons. The van der Waals surface area contributed by atoms with E-state index in [1.807, 2.05) is 48.0 Å². The number of benzene rings is 2. The maximum Gasteiger partial charge on any atom is 0.333 e. The summed E-state index contributed by atoms with van der Waals surface area (Å²) in [6, 6.07) is 20.4. The Hall–Kier alpha value is -3.14. The molecule has 0 amide bonds. The highest BCUT2D eigenvalue weighted by Crippen LogP contribution is 2.26. The third-order valence-electron chi connectivity index (χ3n) is 4.20. The van der Waals surface area contributed by atoms with Gasteiger partial charge in [-0.1, -0.05) is 67.2 Å². The molecule has 0 unspecified atom stereocenters. The van der Waals surface area contributed by atoms with E-state index in [2.05, 4.69) is 30.8 Å². The van der Waals surface area contributed by atoms with Crippen LogP contribution in [0.25, 0.3) is 11.3 Å². The van der Waals surface area contributed by atoms with Crippen molar-refractivity contribution in [3.05, 3.63) is 89.9 Å². The van der Waals surface area contributed by atoms with Gasteiger partial charge in [0.15, 0.2) is 0 Å². The Labute approximate surface area is 153 Å². The first-order valence-electron chi connectivity index (χ1n) is 8.52. The molecule has 0 fully saturated rings. The molecule has 4 heteroatoms. The molecule has 0 saturated carbocycles. The summed E-state index contributed by atoms with van der Waals surface area (Å²) in [6.45, 7) is 5.37. The zero-order valence-electron chi connectivity index (χ0n) is 15.1. The summed E-state index contributed by atoms with van der Waals surface area (Å²) in [4.78, 5) is 16.5. The Morgan fingerprint density at radius 2 is 1.69 bits per heavy atom. The number of imidazole rings is 1. The van der Waals surface area contributed by atoms with Crippen molar-refractivity contribution in [2.45, 2.75) is 20.0 Å². The van der Waals surface area contributed by atoms with Gasteiger partial charge in [0.1, 0.15) is 12.4 Å². The third-order valence-corrected chi connectivity index (χ3v) is 4.20. The van der Waals surface area contributed by atoms with Crippen molar-refractivity contribution in [2.24, 2.45) is 7.05 Å². The van der Waals surface area contributed by atoms with Crippen LogP contribution in [0.5, 0.6) is 0 Å². The van der Waals surface area contributed by atoms with Crippen LogP contribution >= 0.6 is 0 Å². The minimum absolute atomic E-state index is 0.122. The monoisotopic (exact) mass is 346 g/mol.